The third kappa shape index (κ3) is 4.76. The van der Waals surface area contributed by atoms with Gasteiger partial charge in [-0.15, -0.1) is 11.8 Å². The second-order valence-electron chi connectivity index (χ2n) is 14.7. The van der Waals surface area contributed by atoms with E-state index in [2.05, 4.69) is 21.6 Å². The first-order chi connectivity index (χ1) is 26.0. The molecule has 0 aromatic heterocycles. The van der Waals surface area contributed by atoms with Crippen molar-refractivity contribution in [1.29, 1.82) is 5.26 Å². The number of hydrogen-bond acceptors (Lipinski definition) is 15. The Kier molecular flexibility index (Phi) is 8.13. The monoisotopic (exact) mass is 756 g/mol. The molecule has 7 heterocycles. The van der Waals surface area contributed by atoms with Gasteiger partial charge < -0.3 is 44.0 Å². The lowest BCUT2D eigenvalue weighted by molar-refractivity contribution is -0.155. The van der Waals surface area contributed by atoms with Gasteiger partial charge in [-0.05, 0) is 61.1 Å². The third-order valence-electron chi connectivity index (χ3n) is 11.9. The van der Waals surface area contributed by atoms with E-state index in [1.165, 1.54) is 32.9 Å². The third-order valence-corrected chi connectivity index (χ3v) is 13.4. The van der Waals surface area contributed by atoms with Crippen molar-refractivity contribution in [3.05, 3.63) is 62.7 Å². The Morgan fingerprint density at radius 3 is 2.59 bits per heavy atom. The second kappa shape index (κ2) is 12.6. The van der Waals surface area contributed by atoms with Crippen molar-refractivity contribution < 1.29 is 48.2 Å². The van der Waals surface area contributed by atoms with Gasteiger partial charge in [0.2, 0.25) is 6.79 Å². The molecule has 0 amide bonds. The number of fused-ring (bicyclic) bond motifs is 9. The van der Waals surface area contributed by atoms with Crippen LogP contribution in [-0.2, 0) is 32.7 Å². The molecule has 0 radical (unpaired) electrons. The fourth-order valence-electron chi connectivity index (χ4n) is 9.79. The summed E-state index contributed by atoms with van der Waals surface area (Å²) in [6, 6.07) is 5.06. The number of nitrogens with one attached hydrogen (secondary N) is 2. The van der Waals surface area contributed by atoms with Crippen LogP contribution >= 0.6 is 11.8 Å². The summed E-state index contributed by atoms with van der Waals surface area (Å²) in [5.41, 5.74) is 4.33. The van der Waals surface area contributed by atoms with Gasteiger partial charge in [0.1, 0.15) is 18.4 Å². The van der Waals surface area contributed by atoms with Crippen LogP contribution in [0.1, 0.15) is 68.8 Å². The molecule has 3 aromatic rings. The van der Waals surface area contributed by atoms with Crippen LogP contribution in [0.15, 0.2) is 18.2 Å². The Morgan fingerprint density at radius 2 is 1.85 bits per heavy atom. The Morgan fingerprint density at radius 1 is 1.06 bits per heavy atom. The zero-order chi connectivity index (χ0) is 37.8. The molecule has 10 rings (SSSR count). The minimum atomic E-state index is -1.36. The molecule has 0 saturated carbocycles. The quantitative estimate of drug-likeness (QED) is 0.225. The van der Waals surface area contributed by atoms with Crippen LogP contribution in [0, 0.1) is 25.2 Å². The zero-order valence-corrected chi connectivity index (χ0v) is 31.2. The fourth-order valence-corrected chi connectivity index (χ4v) is 11.5. The van der Waals surface area contributed by atoms with Crippen molar-refractivity contribution in [3.63, 3.8) is 0 Å². The summed E-state index contributed by atoms with van der Waals surface area (Å²) in [5, 5.41) is 40.3. The number of aromatic hydroxyl groups is 2. The minimum absolute atomic E-state index is 0.0248. The molecule has 4 bridgehead atoms. The van der Waals surface area contributed by atoms with E-state index < -0.39 is 46.9 Å². The molecule has 1 unspecified atom stereocenters. The van der Waals surface area contributed by atoms with Crippen LogP contribution < -0.4 is 34.3 Å². The van der Waals surface area contributed by atoms with Crippen molar-refractivity contribution in [3.8, 4) is 46.3 Å². The number of esters is 2. The number of thioether (sulfide) groups is 1. The molecular weight excluding hydrogens is 717 g/mol. The average molecular weight is 757 g/mol. The molecule has 14 nitrogen and oxygen atoms in total. The van der Waals surface area contributed by atoms with E-state index in [1.807, 2.05) is 19.9 Å². The number of phenolic OH excluding ortho intramolecular Hbond substituents is 2. The maximum absolute atomic E-state index is 14.7. The lowest BCUT2D eigenvalue weighted by Gasteiger charge is -2.59. The van der Waals surface area contributed by atoms with Crippen LogP contribution in [0.25, 0.3) is 0 Å². The number of carbonyl (C=O) groups is 2. The maximum atomic E-state index is 14.7. The number of nitriles is 1. The summed E-state index contributed by atoms with van der Waals surface area (Å²) in [6.07, 6.45) is 1.03. The van der Waals surface area contributed by atoms with Gasteiger partial charge in [-0.3, -0.25) is 15.0 Å². The highest BCUT2D eigenvalue weighted by atomic mass is 32.2. The first-order valence-corrected chi connectivity index (χ1v) is 19.0. The normalized spacial score (nSPS) is 28.9. The number of methoxy groups -OCH3 is 2. The standard InChI is InChI=1S/C39H40N4O10S/c1-16-8-20-9-22-23(12-40)43-24-13-50-38(47)39(21-11-26(48-4)25(45)10-19(21)6-7-41-39)14-54-37(31(43)30(42-22)27(20)32(46)33(16)49-5)29-28(24)36-35(51-15-52-36)17(2)34(29)53-18(3)44/h8,10-11,22-24,30-31,37,41-42,45-46H,6-7,9,13-15H2,1-5H3/t22-,23-,24?,30+,31+,37+,39+/m0/s1. The van der Waals surface area contributed by atoms with E-state index in [0.717, 1.165) is 16.7 Å². The molecule has 282 valence electrons. The van der Waals surface area contributed by atoms with E-state index >= 15 is 0 Å². The van der Waals surface area contributed by atoms with Gasteiger partial charge in [0.25, 0.3) is 0 Å². The lowest BCUT2D eigenvalue weighted by atomic mass is 9.72. The van der Waals surface area contributed by atoms with Gasteiger partial charge in [0.05, 0.1) is 37.6 Å². The SMILES string of the molecule is COc1cc2c(cc1O)CCN[C@]21CS[C@@H]2c3c(OC(C)=O)c(C)c4c(c3C(COC1=O)N1[C@@H]2[C@@H]2N[C@@H](Cc3cc(C)c(OC)c(O)c32)[C@@H]1C#N)OCO4. The largest absolute Gasteiger partial charge is 0.504 e. The number of benzene rings is 3. The van der Waals surface area contributed by atoms with Gasteiger partial charge in [-0.2, -0.15) is 5.26 Å². The van der Waals surface area contributed by atoms with Crippen LogP contribution in [0.3, 0.4) is 0 Å². The molecule has 2 saturated heterocycles. The molecule has 7 atom stereocenters. The molecule has 54 heavy (non-hydrogen) atoms. The predicted octanol–water partition coefficient (Wildman–Crippen LogP) is 3.64. The smallest absolute Gasteiger partial charge is 0.331 e. The summed E-state index contributed by atoms with van der Waals surface area (Å²) in [6.45, 7) is 5.25. The Hall–Kier alpha value is -4.88. The van der Waals surface area contributed by atoms with Crippen LogP contribution in [0.2, 0.25) is 0 Å². The lowest BCUT2D eigenvalue weighted by Crippen LogP contribution is -2.69. The molecule has 15 heteroatoms. The molecule has 3 aromatic carbocycles. The number of carbonyl (C=O) groups excluding carboxylic acids is 2. The first kappa shape index (κ1) is 34.9. The number of ether oxygens (including phenoxy) is 6. The van der Waals surface area contributed by atoms with Gasteiger partial charge in [0.15, 0.2) is 40.0 Å². The summed E-state index contributed by atoms with van der Waals surface area (Å²) in [7, 11) is 2.99. The van der Waals surface area contributed by atoms with E-state index in [4.69, 9.17) is 28.4 Å². The number of hydrogen-bond donors (Lipinski definition) is 4. The molecule has 0 aliphatic carbocycles. The molecule has 2 fully saturated rings. The summed E-state index contributed by atoms with van der Waals surface area (Å²) < 4.78 is 35.9. The van der Waals surface area contributed by atoms with Crippen molar-refractivity contribution >= 4 is 23.7 Å². The number of rotatable bonds is 3. The highest BCUT2D eigenvalue weighted by Crippen LogP contribution is 2.63. The number of nitrogens with zero attached hydrogens (tertiary/aromatic N) is 2. The average Bonchev–Trinajstić information content (AvgIpc) is 3.64. The Balaban J connectivity index is 1.32. The van der Waals surface area contributed by atoms with Gasteiger partial charge >= 0.3 is 11.9 Å². The van der Waals surface area contributed by atoms with Crippen molar-refractivity contribution in [1.82, 2.24) is 15.5 Å². The number of phenols is 2. The summed E-state index contributed by atoms with van der Waals surface area (Å²) in [4.78, 5) is 29.7. The van der Waals surface area contributed by atoms with Gasteiger partial charge in [0, 0.05) is 53.6 Å². The first-order valence-electron chi connectivity index (χ1n) is 17.9. The summed E-state index contributed by atoms with van der Waals surface area (Å²) >= 11 is 1.46. The van der Waals surface area contributed by atoms with E-state index in [-0.39, 0.29) is 42.4 Å². The zero-order valence-electron chi connectivity index (χ0n) is 30.4. The van der Waals surface area contributed by atoms with Crippen molar-refractivity contribution in [2.75, 3.05) is 39.9 Å². The highest BCUT2D eigenvalue weighted by molar-refractivity contribution is 7.99. The molecule has 4 N–H and O–H groups in total. The van der Waals surface area contributed by atoms with Crippen molar-refractivity contribution in [2.45, 2.75) is 74.6 Å². The van der Waals surface area contributed by atoms with E-state index in [0.29, 0.717) is 70.2 Å². The second-order valence-corrected chi connectivity index (χ2v) is 15.8. The van der Waals surface area contributed by atoms with Crippen LogP contribution in [-0.4, -0.2) is 85.1 Å². The molecule has 7 aliphatic heterocycles. The fraction of sp³-hybridized carbons (Fsp3) is 0.462. The minimum Gasteiger partial charge on any atom is -0.504 e. The van der Waals surface area contributed by atoms with Crippen molar-refractivity contribution in [2.24, 2.45) is 0 Å². The highest BCUT2D eigenvalue weighted by Gasteiger charge is 2.60. The topological polar surface area (TPSA) is 181 Å². The van der Waals surface area contributed by atoms with Crippen LogP contribution in [0.4, 0.5) is 0 Å². The van der Waals surface area contributed by atoms with Crippen LogP contribution in [0.5, 0.6) is 40.2 Å². The Labute approximate surface area is 315 Å². The molecular formula is C39H40N4O10S. The maximum Gasteiger partial charge on any atom is 0.331 e. The van der Waals surface area contributed by atoms with E-state index in [9.17, 15) is 25.1 Å². The Bertz CT molecular complexity index is 2190. The van der Waals surface area contributed by atoms with Gasteiger partial charge in [-0.1, -0.05) is 6.07 Å². The summed E-state index contributed by atoms with van der Waals surface area (Å²) in [5.74, 6) is 0.913. The number of piperazine rings is 1. The van der Waals surface area contributed by atoms with E-state index in [1.54, 1.807) is 12.1 Å². The molecule has 1 spiro atoms. The predicted molar refractivity (Wildman–Crippen MR) is 193 cm³/mol. The number of aryl methyl sites for hydroxylation is 1. The molecule has 7 aliphatic rings. The van der Waals surface area contributed by atoms with Gasteiger partial charge in [-0.25, -0.2) is 4.79 Å².